The van der Waals surface area contributed by atoms with E-state index in [4.69, 9.17) is 10.5 Å². The summed E-state index contributed by atoms with van der Waals surface area (Å²) in [5.74, 6) is -0.480. The van der Waals surface area contributed by atoms with Crippen LogP contribution in [0.1, 0.15) is 5.56 Å². The van der Waals surface area contributed by atoms with Crippen molar-refractivity contribution in [1.82, 2.24) is 15.1 Å². The van der Waals surface area contributed by atoms with Gasteiger partial charge >= 0.3 is 0 Å². The van der Waals surface area contributed by atoms with Gasteiger partial charge in [-0.1, -0.05) is 30.3 Å². The zero-order valence-electron chi connectivity index (χ0n) is 14.1. The number of hydrogen-bond donors (Lipinski definition) is 3. The number of anilines is 1. The summed E-state index contributed by atoms with van der Waals surface area (Å²) in [6, 6.07) is 8.90. The number of carbonyl (C=O) groups is 2. The van der Waals surface area contributed by atoms with Crippen molar-refractivity contribution in [3.63, 3.8) is 0 Å². The van der Waals surface area contributed by atoms with E-state index < -0.39 is 6.04 Å². The van der Waals surface area contributed by atoms with Crippen molar-refractivity contribution >= 4 is 17.5 Å². The maximum Gasteiger partial charge on any atom is 0.241 e. The van der Waals surface area contributed by atoms with Crippen molar-refractivity contribution in [2.24, 2.45) is 5.73 Å². The minimum Gasteiger partial charge on any atom is -0.383 e. The van der Waals surface area contributed by atoms with E-state index in [-0.39, 0.29) is 18.4 Å². The Bertz CT molecular complexity index is 687. The molecular formula is C17H23N5O3. The second-order valence-corrected chi connectivity index (χ2v) is 5.55. The van der Waals surface area contributed by atoms with E-state index in [9.17, 15) is 9.59 Å². The topological polar surface area (TPSA) is 111 Å². The van der Waals surface area contributed by atoms with Gasteiger partial charge in [-0.15, -0.1) is 0 Å². The van der Waals surface area contributed by atoms with E-state index in [1.807, 2.05) is 30.3 Å². The van der Waals surface area contributed by atoms with Crippen molar-refractivity contribution < 1.29 is 14.3 Å². The first-order chi connectivity index (χ1) is 12.1. The summed E-state index contributed by atoms with van der Waals surface area (Å²) >= 11 is 0. The molecule has 0 fully saturated rings. The van der Waals surface area contributed by atoms with Gasteiger partial charge in [-0.2, -0.15) is 5.10 Å². The molecule has 1 aromatic carbocycles. The van der Waals surface area contributed by atoms with Crippen LogP contribution < -0.4 is 16.4 Å². The third-order valence-corrected chi connectivity index (χ3v) is 3.47. The first kappa shape index (κ1) is 18.6. The molecule has 134 valence electrons. The Labute approximate surface area is 146 Å². The molecule has 0 aliphatic carbocycles. The zero-order chi connectivity index (χ0) is 18.1. The van der Waals surface area contributed by atoms with Gasteiger partial charge in [-0.3, -0.25) is 14.3 Å². The molecule has 8 heteroatoms. The summed E-state index contributed by atoms with van der Waals surface area (Å²) in [6.07, 6.45) is 3.52. The van der Waals surface area contributed by atoms with Crippen molar-refractivity contribution in [1.29, 1.82) is 0 Å². The molecule has 2 rings (SSSR count). The standard InChI is InChI=1S/C17H23N5O3/c1-25-8-7-19-16(23)12-22-11-14(10-20-22)21-17(24)15(18)9-13-5-3-2-4-6-13/h2-6,10-11,15H,7-9,12,18H2,1H3,(H,19,23)(H,21,24)/t15-/m0/s1. The van der Waals surface area contributed by atoms with Crippen LogP contribution in [-0.4, -0.2) is 47.9 Å². The number of rotatable bonds is 9. The highest BCUT2D eigenvalue weighted by atomic mass is 16.5. The van der Waals surface area contributed by atoms with E-state index in [0.29, 0.717) is 25.3 Å². The van der Waals surface area contributed by atoms with Gasteiger partial charge in [0.05, 0.1) is 24.5 Å². The molecule has 8 nitrogen and oxygen atoms in total. The van der Waals surface area contributed by atoms with Gasteiger partial charge in [-0.05, 0) is 12.0 Å². The molecular weight excluding hydrogens is 322 g/mol. The Morgan fingerprint density at radius 3 is 2.80 bits per heavy atom. The van der Waals surface area contributed by atoms with Gasteiger partial charge in [0.15, 0.2) is 0 Å². The number of ether oxygens (including phenoxy) is 1. The van der Waals surface area contributed by atoms with Gasteiger partial charge in [0.25, 0.3) is 0 Å². The third-order valence-electron chi connectivity index (χ3n) is 3.47. The van der Waals surface area contributed by atoms with Gasteiger partial charge in [0.1, 0.15) is 6.54 Å². The quantitative estimate of drug-likeness (QED) is 0.560. The number of nitrogens with zero attached hydrogens (tertiary/aromatic N) is 2. The first-order valence-electron chi connectivity index (χ1n) is 7.97. The van der Waals surface area contributed by atoms with Gasteiger partial charge in [0.2, 0.25) is 11.8 Å². The Morgan fingerprint density at radius 2 is 2.08 bits per heavy atom. The fraction of sp³-hybridized carbons (Fsp3) is 0.353. The Morgan fingerprint density at radius 1 is 1.32 bits per heavy atom. The average Bonchev–Trinajstić information content (AvgIpc) is 3.02. The summed E-state index contributed by atoms with van der Waals surface area (Å²) in [7, 11) is 1.57. The molecule has 1 atom stereocenters. The molecule has 0 bridgehead atoms. The molecule has 2 amide bonds. The van der Waals surface area contributed by atoms with Crippen molar-refractivity contribution in [3.8, 4) is 0 Å². The second kappa shape index (κ2) is 9.55. The highest BCUT2D eigenvalue weighted by Gasteiger charge is 2.15. The SMILES string of the molecule is COCCNC(=O)Cn1cc(NC(=O)[C@@H](N)Cc2ccccc2)cn1. The summed E-state index contributed by atoms with van der Waals surface area (Å²) in [5, 5.41) is 9.45. The van der Waals surface area contributed by atoms with Gasteiger partial charge in [-0.25, -0.2) is 0 Å². The molecule has 1 heterocycles. The van der Waals surface area contributed by atoms with Crippen LogP contribution in [0.4, 0.5) is 5.69 Å². The minimum absolute atomic E-state index is 0.0651. The molecule has 0 spiro atoms. The maximum absolute atomic E-state index is 12.2. The number of hydrogen-bond acceptors (Lipinski definition) is 5. The molecule has 2 aromatic rings. The Balaban J connectivity index is 1.81. The normalized spacial score (nSPS) is 11.8. The fourth-order valence-electron chi connectivity index (χ4n) is 2.21. The number of nitrogens with one attached hydrogen (secondary N) is 2. The maximum atomic E-state index is 12.2. The molecule has 0 aliphatic heterocycles. The Hall–Kier alpha value is -2.71. The van der Waals surface area contributed by atoms with Crippen molar-refractivity contribution in [2.45, 2.75) is 19.0 Å². The summed E-state index contributed by atoms with van der Waals surface area (Å²) < 4.78 is 6.30. The van der Waals surface area contributed by atoms with Gasteiger partial charge in [0, 0.05) is 19.9 Å². The van der Waals surface area contributed by atoms with Crippen LogP contribution >= 0.6 is 0 Å². The number of amides is 2. The molecule has 0 saturated carbocycles. The monoisotopic (exact) mass is 345 g/mol. The lowest BCUT2D eigenvalue weighted by Gasteiger charge is -2.11. The molecule has 1 aromatic heterocycles. The van der Waals surface area contributed by atoms with E-state index in [0.717, 1.165) is 5.56 Å². The van der Waals surface area contributed by atoms with E-state index >= 15 is 0 Å². The van der Waals surface area contributed by atoms with Crippen LogP contribution in [0.3, 0.4) is 0 Å². The van der Waals surface area contributed by atoms with Crippen molar-refractivity contribution in [3.05, 3.63) is 48.3 Å². The molecule has 4 N–H and O–H groups in total. The van der Waals surface area contributed by atoms with Crippen LogP contribution in [0.2, 0.25) is 0 Å². The highest BCUT2D eigenvalue weighted by Crippen LogP contribution is 2.07. The lowest BCUT2D eigenvalue weighted by Crippen LogP contribution is -2.37. The summed E-state index contributed by atoms with van der Waals surface area (Å²) in [6.45, 7) is 0.954. The molecule has 0 radical (unpaired) electrons. The zero-order valence-corrected chi connectivity index (χ0v) is 14.1. The van der Waals surface area contributed by atoms with Crippen LogP contribution in [0, 0.1) is 0 Å². The second-order valence-electron chi connectivity index (χ2n) is 5.55. The molecule has 0 saturated heterocycles. The average molecular weight is 345 g/mol. The number of methoxy groups -OCH3 is 1. The number of carbonyl (C=O) groups excluding carboxylic acids is 2. The lowest BCUT2D eigenvalue weighted by atomic mass is 10.1. The van der Waals surface area contributed by atoms with E-state index in [1.54, 1.807) is 13.3 Å². The Kier molecular flexibility index (Phi) is 7.12. The lowest BCUT2D eigenvalue weighted by molar-refractivity contribution is -0.122. The van der Waals surface area contributed by atoms with E-state index in [2.05, 4.69) is 15.7 Å². The number of nitrogens with two attached hydrogens (primary N) is 1. The minimum atomic E-state index is -0.664. The van der Waals surface area contributed by atoms with Crippen LogP contribution in [0.25, 0.3) is 0 Å². The fourth-order valence-corrected chi connectivity index (χ4v) is 2.21. The van der Waals surface area contributed by atoms with Crippen LogP contribution in [0.5, 0.6) is 0 Å². The third kappa shape index (κ3) is 6.36. The van der Waals surface area contributed by atoms with E-state index in [1.165, 1.54) is 10.9 Å². The molecule has 0 aliphatic rings. The highest BCUT2D eigenvalue weighted by molar-refractivity contribution is 5.94. The first-order valence-corrected chi connectivity index (χ1v) is 7.97. The number of benzene rings is 1. The summed E-state index contributed by atoms with van der Waals surface area (Å²) in [5.41, 5.74) is 7.43. The molecule has 25 heavy (non-hydrogen) atoms. The largest absolute Gasteiger partial charge is 0.383 e. The summed E-state index contributed by atoms with van der Waals surface area (Å²) in [4.78, 5) is 23.9. The predicted molar refractivity (Wildman–Crippen MR) is 93.9 cm³/mol. The van der Waals surface area contributed by atoms with Gasteiger partial charge < -0.3 is 21.1 Å². The molecule has 0 unspecified atom stereocenters. The van der Waals surface area contributed by atoms with Crippen LogP contribution in [-0.2, 0) is 27.3 Å². The predicted octanol–water partition coefficient (Wildman–Crippen LogP) is 0.154. The number of aromatic nitrogens is 2. The van der Waals surface area contributed by atoms with Crippen LogP contribution in [0.15, 0.2) is 42.7 Å². The van der Waals surface area contributed by atoms with Crippen molar-refractivity contribution in [2.75, 3.05) is 25.6 Å². The smallest absolute Gasteiger partial charge is 0.241 e.